The normalized spacial score (nSPS) is 11.7. The number of nitro benzene ring substituents is 1. The number of rotatable bonds is 6. The quantitative estimate of drug-likeness (QED) is 0.488. The fraction of sp³-hybridized carbons (Fsp3) is 0.417. The van der Waals surface area contributed by atoms with Gasteiger partial charge in [0.15, 0.2) is 5.82 Å². The van der Waals surface area contributed by atoms with E-state index in [9.17, 15) is 19.3 Å². The second-order valence-corrected chi connectivity index (χ2v) is 3.98. The van der Waals surface area contributed by atoms with E-state index in [-0.39, 0.29) is 36.4 Å². The van der Waals surface area contributed by atoms with Gasteiger partial charge >= 0.3 is 5.97 Å². The Bertz CT molecular complexity index is 479. The predicted molar refractivity (Wildman–Crippen MR) is 67.4 cm³/mol. The lowest BCUT2D eigenvalue weighted by Crippen LogP contribution is -2.21. The van der Waals surface area contributed by atoms with Crippen molar-refractivity contribution in [1.29, 1.82) is 0 Å². The molecule has 0 fully saturated rings. The van der Waals surface area contributed by atoms with Crippen LogP contribution in [0.4, 0.5) is 15.8 Å². The van der Waals surface area contributed by atoms with E-state index in [1.54, 1.807) is 13.8 Å². The summed E-state index contributed by atoms with van der Waals surface area (Å²) in [4.78, 5) is 21.0. The zero-order valence-electron chi connectivity index (χ0n) is 10.7. The summed E-state index contributed by atoms with van der Waals surface area (Å²) in [6.45, 7) is 3.68. The Balaban J connectivity index is 2.66. The van der Waals surface area contributed by atoms with Gasteiger partial charge in [0.1, 0.15) is 0 Å². The first-order valence-corrected chi connectivity index (χ1v) is 5.80. The first-order chi connectivity index (χ1) is 8.93. The topological polar surface area (TPSA) is 81.5 Å². The second-order valence-electron chi connectivity index (χ2n) is 3.98. The van der Waals surface area contributed by atoms with Gasteiger partial charge in [0.2, 0.25) is 0 Å². The van der Waals surface area contributed by atoms with Crippen molar-refractivity contribution in [3.8, 4) is 0 Å². The van der Waals surface area contributed by atoms with Gasteiger partial charge in [-0.2, -0.15) is 0 Å². The Morgan fingerprint density at radius 3 is 2.79 bits per heavy atom. The summed E-state index contributed by atoms with van der Waals surface area (Å²) in [5, 5.41) is 13.2. The van der Waals surface area contributed by atoms with E-state index >= 15 is 0 Å². The highest BCUT2D eigenvalue weighted by Gasteiger charge is 2.14. The average Bonchev–Trinajstić information content (AvgIpc) is 2.31. The number of ether oxygens (including phenoxy) is 1. The van der Waals surface area contributed by atoms with Gasteiger partial charge in [-0.25, -0.2) is 4.39 Å². The molecule has 1 N–H and O–H groups in total. The summed E-state index contributed by atoms with van der Waals surface area (Å²) >= 11 is 0. The van der Waals surface area contributed by atoms with Crippen molar-refractivity contribution in [3.63, 3.8) is 0 Å². The SMILES string of the molecule is CCOC(=O)CC(C)Nc1ccc([N+](=O)[O-])cc1F. The molecule has 0 saturated heterocycles. The molecule has 1 atom stereocenters. The highest BCUT2D eigenvalue weighted by molar-refractivity contribution is 5.70. The molecule has 1 unspecified atom stereocenters. The van der Waals surface area contributed by atoms with Crippen molar-refractivity contribution in [1.82, 2.24) is 0 Å². The van der Waals surface area contributed by atoms with Gasteiger partial charge in [0.25, 0.3) is 5.69 Å². The Morgan fingerprint density at radius 1 is 1.58 bits per heavy atom. The number of benzene rings is 1. The number of esters is 1. The number of carbonyl (C=O) groups is 1. The minimum absolute atomic E-state index is 0.0876. The Morgan fingerprint density at radius 2 is 2.26 bits per heavy atom. The summed E-state index contributed by atoms with van der Waals surface area (Å²) < 4.78 is 18.3. The third kappa shape index (κ3) is 4.53. The first kappa shape index (κ1) is 14.9. The van der Waals surface area contributed by atoms with Crippen LogP contribution in [0.3, 0.4) is 0 Å². The lowest BCUT2D eigenvalue weighted by Gasteiger charge is -2.14. The molecule has 0 aliphatic heterocycles. The Labute approximate surface area is 109 Å². The van der Waals surface area contributed by atoms with E-state index in [4.69, 9.17) is 4.74 Å². The third-order valence-electron chi connectivity index (χ3n) is 2.34. The Kier molecular flexibility index (Phi) is 5.23. The molecule has 104 valence electrons. The first-order valence-electron chi connectivity index (χ1n) is 5.80. The number of halogens is 1. The fourth-order valence-electron chi connectivity index (χ4n) is 1.52. The monoisotopic (exact) mass is 270 g/mol. The van der Waals surface area contributed by atoms with Crippen LogP contribution in [0.15, 0.2) is 18.2 Å². The number of anilines is 1. The molecule has 0 aliphatic carbocycles. The van der Waals surface area contributed by atoms with Crippen LogP contribution in [-0.4, -0.2) is 23.5 Å². The summed E-state index contributed by atoms with van der Waals surface area (Å²) in [5.74, 6) is -1.12. The fourth-order valence-corrected chi connectivity index (χ4v) is 1.52. The maximum absolute atomic E-state index is 13.6. The van der Waals surface area contributed by atoms with Crippen LogP contribution in [-0.2, 0) is 9.53 Å². The zero-order valence-corrected chi connectivity index (χ0v) is 10.7. The lowest BCUT2D eigenvalue weighted by atomic mass is 10.2. The average molecular weight is 270 g/mol. The number of nitro groups is 1. The van der Waals surface area contributed by atoms with E-state index < -0.39 is 10.7 Å². The van der Waals surface area contributed by atoms with Crippen molar-refractivity contribution in [2.75, 3.05) is 11.9 Å². The van der Waals surface area contributed by atoms with Crippen LogP contribution in [0.2, 0.25) is 0 Å². The van der Waals surface area contributed by atoms with Gasteiger partial charge in [0.05, 0.1) is 29.7 Å². The lowest BCUT2D eigenvalue weighted by molar-refractivity contribution is -0.385. The van der Waals surface area contributed by atoms with Crippen molar-refractivity contribution >= 4 is 17.3 Å². The minimum atomic E-state index is -0.732. The largest absolute Gasteiger partial charge is 0.466 e. The number of nitrogens with one attached hydrogen (secondary N) is 1. The van der Waals surface area contributed by atoms with Crippen molar-refractivity contribution in [2.24, 2.45) is 0 Å². The summed E-state index contributed by atoms with van der Waals surface area (Å²) in [6.07, 6.45) is 0.0876. The molecule has 0 radical (unpaired) electrons. The number of non-ortho nitro benzene ring substituents is 1. The van der Waals surface area contributed by atoms with Crippen LogP contribution >= 0.6 is 0 Å². The molecule has 0 spiro atoms. The predicted octanol–water partition coefficient (Wildman–Crippen LogP) is 2.49. The highest BCUT2D eigenvalue weighted by Crippen LogP contribution is 2.21. The molecule has 1 aromatic carbocycles. The van der Waals surface area contributed by atoms with Crippen LogP contribution in [0, 0.1) is 15.9 Å². The van der Waals surface area contributed by atoms with Gasteiger partial charge < -0.3 is 10.1 Å². The highest BCUT2D eigenvalue weighted by atomic mass is 19.1. The van der Waals surface area contributed by atoms with E-state index in [0.29, 0.717) is 0 Å². The molecule has 1 rings (SSSR count). The molecule has 19 heavy (non-hydrogen) atoms. The molecule has 7 heteroatoms. The summed E-state index contributed by atoms with van der Waals surface area (Å²) in [7, 11) is 0. The van der Waals surface area contributed by atoms with Crippen LogP contribution in [0.5, 0.6) is 0 Å². The maximum Gasteiger partial charge on any atom is 0.307 e. The molecule has 0 aromatic heterocycles. The van der Waals surface area contributed by atoms with Gasteiger partial charge in [-0.15, -0.1) is 0 Å². The van der Waals surface area contributed by atoms with Crippen molar-refractivity contribution in [3.05, 3.63) is 34.1 Å². The molecule has 0 aliphatic rings. The number of nitrogens with zero attached hydrogens (tertiary/aromatic N) is 1. The Hall–Kier alpha value is -2.18. The van der Waals surface area contributed by atoms with Crippen LogP contribution in [0.1, 0.15) is 20.3 Å². The summed E-state index contributed by atoms with van der Waals surface area (Å²) in [6, 6.07) is 2.96. The molecule has 0 amide bonds. The number of hydrogen-bond donors (Lipinski definition) is 1. The van der Waals surface area contributed by atoms with Crippen LogP contribution in [0.25, 0.3) is 0 Å². The molecule has 6 nitrogen and oxygen atoms in total. The molecular weight excluding hydrogens is 255 g/mol. The van der Waals surface area contributed by atoms with Crippen molar-refractivity contribution < 1.29 is 18.8 Å². The van der Waals surface area contributed by atoms with E-state index in [1.165, 1.54) is 12.1 Å². The summed E-state index contributed by atoms with van der Waals surface area (Å²) in [5.41, 5.74) is -0.205. The van der Waals surface area contributed by atoms with Gasteiger partial charge in [-0.3, -0.25) is 14.9 Å². The maximum atomic E-state index is 13.6. The molecule has 0 saturated carbocycles. The smallest absolute Gasteiger partial charge is 0.307 e. The van der Waals surface area contributed by atoms with E-state index in [2.05, 4.69) is 5.32 Å². The van der Waals surface area contributed by atoms with Gasteiger partial charge in [-0.1, -0.05) is 0 Å². The van der Waals surface area contributed by atoms with Gasteiger partial charge in [0, 0.05) is 12.1 Å². The number of hydrogen-bond acceptors (Lipinski definition) is 5. The zero-order chi connectivity index (χ0) is 14.4. The van der Waals surface area contributed by atoms with E-state index in [1.807, 2.05) is 0 Å². The molecule has 1 aromatic rings. The molecule has 0 bridgehead atoms. The van der Waals surface area contributed by atoms with Gasteiger partial charge in [-0.05, 0) is 19.9 Å². The van der Waals surface area contributed by atoms with Crippen molar-refractivity contribution in [2.45, 2.75) is 26.3 Å². The van der Waals surface area contributed by atoms with Crippen LogP contribution < -0.4 is 5.32 Å². The molecule has 0 heterocycles. The standard InChI is InChI=1S/C12H15FN2O4/c1-3-19-12(16)6-8(2)14-11-5-4-9(15(17)18)7-10(11)13/h4-5,7-8,14H,3,6H2,1-2H3. The second kappa shape index (κ2) is 6.67. The third-order valence-corrected chi connectivity index (χ3v) is 2.34. The number of carbonyl (C=O) groups excluding carboxylic acids is 1. The minimum Gasteiger partial charge on any atom is -0.466 e. The van der Waals surface area contributed by atoms with E-state index in [0.717, 1.165) is 6.07 Å². The molecular formula is C12H15FN2O4.